The van der Waals surface area contributed by atoms with E-state index in [0.717, 1.165) is 0 Å². The van der Waals surface area contributed by atoms with Crippen LogP contribution in [0, 0.1) is 36.0 Å². The van der Waals surface area contributed by atoms with Crippen LogP contribution in [0.15, 0.2) is 40.8 Å². The Morgan fingerprint density at radius 3 is 2.16 bits per heavy atom. The number of amides is 1. The number of halogens is 5. The van der Waals surface area contributed by atoms with Gasteiger partial charge < -0.3 is 23.9 Å². The van der Waals surface area contributed by atoms with Gasteiger partial charge in [0.2, 0.25) is 34.9 Å². The molecule has 12 heteroatoms. The molecule has 4 aromatic rings. The van der Waals surface area contributed by atoms with Crippen molar-refractivity contribution >= 4 is 28.3 Å². The number of hydrogen-bond donors (Lipinski definition) is 1. The summed E-state index contributed by atoms with van der Waals surface area (Å²) in [5.41, 5.74) is 1.09. The number of hydrogen-bond acceptors (Lipinski definition) is 6. The zero-order valence-electron chi connectivity index (χ0n) is 20.0. The van der Waals surface area contributed by atoms with Crippen molar-refractivity contribution in [1.29, 1.82) is 0 Å². The number of rotatable bonds is 8. The first kappa shape index (κ1) is 26.5. The van der Waals surface area contributed by atoms with Gasteiger partial charge in [0.1, 0.15) is 17.1 Å². The number of ketones is 1. The number of aryl methyl sites for hydroxylation is 1. The molecule has 3 aromatic carbocycles. The standard InChI is InChI=1S/C26H18F5NO6/c1-11-14-6-4-12(32-18(33)10-37-26-22(30)20(28)19(27)21(29)23(26)31)8-17(14)38-25(11)24(34)15-9-13(35-2)5-7-16(15)36-3/h4-9H,10H2,1-3H3,(H,32,33). The largest absolute Gasteiger partial charge is 0.497 e. The molecule has 7 nitrogen and oxygen atoms in total. The van der Waals surface area contributed by atoms with Crippen molar-refractivity contribution in [1.82, 2.24) is 0 Å². The summed E-state index contributed by atoms with van der Waals surface area (Å²) in [6.45, 7) is 0.606. The van der Waals surface area contributed by atoms with Crippen molar-refractivity contribution in [3.05, 3.63) is 82.4 Å². The van der Waals surface area contributed by atoms with Crippen LogP contribution in [0.25, 0.3) is 11.0 Å². The minimum atomic E-state index is -2.35. The fraction of sp³-hybridized carbons (Fsp3) is 0.154. The van der Waals surface area contributed by atoms with E-state index in [1.165, 1.54) is 32.4 Å². The molecule has 0 aliphatic carbocycles. The monoisotopic (exact) mass is 535 g/mol. The molecular formula is C26H18F5NO6. The number of fused-ring (bicyclic) bond motifs is 1. The molecule has 0 saturated carbocycles. The Labute approximate surface area is 211 Å². The molecule has 0 radical (unpaired) electrons. The molecule has 1 heterocycles. The van der Waals surface area contributed by atoms with Crippen LogP contribution in [-0.2, 0) is 4.79 Å². The van der Waals surface area contributed by atoms with E-state index in [1.54, 1.807) is 25.1 Å². The second-order valence-electron chi connectivity index (χ2n) is 7.90. The van der Waals surface area contributed by atoms with Gasteiger partial charge in [-0.3, -0.25) is 9.59 Å². The first-order chi connectivity index (χ1) is 18.1. The second-order valence-corrected chi connectivity index (χ2v) is 7.90. The zero-order valence-corrected chi connectivity index (χ0v) is 20.0. The lowest BCUT2D eigenvalue weighted by Crippen LogP contribution is -2.21. The highest BCUT2D eigenvalue weighted by Crippen LogP contribution is 2.33. The summed E-state index contributed by atoms with van der Waals surface area (Å²) >= 11 is 0. The highest BCUT2D eigenvalue weighted by Gasteiger charge is 2.28. The van der Waals surface area contributed by atoms with Gasteiger partial charge in [-0.25, -0.2) is 13.2 Å². The van der Waals surface area contributed by atoms with Crippen LogP contribution >= 0.6 is 0 Å². The van der Waals surface area contributed by atoms with Crippen LogP contribution in [0.3, 0.4) is 0 Å². The lowest BCUT2D eigenvalue weighted by molar-refractivity contribution is -0.118. The van der Waals surface area contributed by atoms with E-state index in [2.05, 4.69) is 10.1 Å². The van der Waals surface area contributed by atoms with Crippen molar-refractivity contribution in [2.75, 3.05) is 26.1 Å². The van der Waals surface area contributed by atoms with E-state index in [-0.39, 0.29) is 22.6 Å². The molecule has 0 unspecified atom stereocenters. The molecule has 1 aromatic heterocycles. The number of anilines is 1. The quantitative estimate of drug-likeness (QED) is 0.135. The summed E-state index contributed by atoms with van der Waals surface area (Å²) < 4.78 is 88.0. The number of carbonyl (C=O) groups is 2. The van der Waals surface area contributed by atoms with Crippen LogP contribution < -0.4 is 19.5 Å². The molecule has 1 N–H and O–H groups in total. The average molecular weight is 535 g/mol. The topological polar surface area (TPSA) is 87.0 Å². The maximum Gasteiger partial charge on any atom is 0.262 e. The number of furan rings is 1. The highest BCUT2D eigenvalue weighted by molar-refractivity contribution is 6.12. The smallest absolute Gasteiger partial charge is 0.262 e. The van der Waals surface area contributed by atoms with Gasteiger partial charge in [0, 0.05) is 22.7 Å². The van der Waals surface area contributed by atoms with E-state index < -0.39 is 53.1 Å². The Morgan fingerprint density at radius 1 is 0.868 bits per heavy atom. The number of ether oxygens (including phenoxy) is 3. The lowest BCUT2D eigenvalue weighted by atomic mass is 10.0. The highest BCUT2D eigenvalue weighted by atomic mass is 19.2. The lowest BCUT2D eigenvalue weighted by Gasteiger charge is -2.10. The maximum atomic E-state index is 13.7. The Hall–Kier alpha value is -4.61. The maximum absolute atomic E-state index is 13.7. The van der Waals surface area contributed by atoms with Gasteiger partial charge in [-0.15, -0.1) is 0 Å². The van der Waals surface area contributed by atoms with Crippen molar-refractivity contribution in [3.8, 4) is 17.2 Å². The molecule has 198 valence electrons. The van der Waals surface area contributed by atoms with Gasteiger partial charge in [0.05, 0.1) is 19.8 Å². The molecule has 0 saturated heterocycles. The van der Waals surface area contributed by atoms with Crippen LogP contribution in [0.1, 0.15) is 21.7 Å². The molecular weight excluding hydrogens is 517 g/mol. The van der Waals surface area contributed by atoms with E-state index >= 15 is 0 Å². The molecule has 0 fully saturated rings. The fourth-order valence-corrected chi connectivity index (χ4v) is 3.68. The minimum absolute atomic E-state index is 0.0182. The first-order valence-electron chi connectivity index (χ1n) is 10.8. The second kappa shape index (κ2) is 10.4. The number of benzene rings is 3. The van der Waals surface area contributed by atoms with E-state index in [1.807, 2.05) is 0 Å². The van der Waals surface area contributed by atoms with Crippen molar-refractivity contribution in [2.24, 2.45) is 0 Å². The van der Waals surface area contributed by atoms with E-state index in [0.29, 0.717) is 22.4 Å². The van der Waals surface area contributed by atoms with Crippen molar-refractivity contribution in [2.45, 2.75) is 6.92 Å². The summed E-state index contributed by atoms with van der Waals surface area (Å²) in [6.07, 6.45) is 0. The minimum Gasteiger partial charge on any atom is -0.497 e. The normalized spacial score (nSPS) is 10.9. The van der Waals surface area contributed by atoms with Gasteiger partial charge in [-0.1, -0.05) is 0 Å². The molecule has 38 heavy (non-hydrogen) atoms. The number of methoxy groups -OCH3 is 2. The van der Waals surface area contributed by atoms with Crippen LogP contribution in [0.5, 0.6) is 17.2 Å². The molecule has 0 bridgehead atoms. The summed E-state index contributed by atoms with van der Waals surface area (Å²) in [4.78, 5) is 25.5. The molecule has 0 atom stereocenters. The van der Waals surface area contributed by atoms with Crippen molar-refractivity contribution < 1.29 is 50.2 Å². The van der Waals surface area contributed by atoms with Crippen molar-refractivity contribution in [3.63, 3.8) is 0 Å². The molecule has 0 aliphatic rings. The predicted octanol–water partition coefficient (Wildman–Crippen LogP) is 5.70. The fourth-order valence-electron chi connectivity index (χ4n) is 3.68. The van der Waals surface area contributed by atoms with Gasteiger partial charge in [0.15, 0.2) is 18.1 Å². The Bertz CT molecular complexity index is 1550. The molecule has 4 rings (SSSR count). The molecule has 0 aliphatic heterocycles. The third-order valence-corrected chi connectivity index (χ3v) is 5.60. The Kier molecular flexibility index (Phi) is 7.24. The third kappa shape index (κ3) is 4.72. The first-order valence-corrected chi connectivity index (χ1v) is 10.8. The molecule has 1 amide bonds. The van der Waals surface area contributed by atoms with Gasteiger partial charge >= 0.3 is 0 Å². The van der Waals surface area contributed by atoms with Gasteiger partial charge in [-0.05, 0) is 37.3 Å². The Morgan fingerprint density at radius 2 is 1.53 bits per heavy atom. The predicted molar refractivity (Wildman–Crippen MR) is 124 cm³/mol. The Balaban J connectivity index is 1.55. The third-order valence-electron chi connectivity index (χ3n) is 5.60. The molecule has 0 spiro atoms. The van der Waals surface area contributed by atoms with Gasteiger partial charge in [0.25, 0.3) is 5.91 Å². The average Bonchev–Trinajstić information content (AvgIpc) is 3.25. The van der Waals surface area contributed by atoms with E-state index in [9.17, 15) is 31.5 Å². The van der Waals surface area contributed by atoms with Crippen LogP contribution in [0.4, 0.5) is 27.6 Å². The van der Waals surface area contributed by atoms with Crippen LogP contribution in [-0.4, -0.2) is 32.5 Å². The summed E-state index contributed by atoms with van der Waals surface area (Å²) in [7, 11) is 2.86. The van der Waals surface area contributed by atoms with Crippen LogP contribution in [0.2, 0.25) is 0 Å². The number of carbonyl (C=O) groups excluding carboxylic acids is 2. The summed E-state index contributed by atoms with van der Waals surface area (Å²) in [5.74, 6) is -13.4. The zero-order chi connectivity index (χ0) is 27.7. The number of nitrogens with one attached hydrogen (secondary N) is 1. The summed E-state index contributed by atoms with van der Waals surface area (Å²) in [6, 6.07) is 9.12. The van der Waals surface area contributed by atoms with Gasteiger partial charge in [-0.2, -0.15) is 8.78 Å². The SMILES string of the molecule is COc1ccc(OC)c(C(=O)c2oc3cc(NC(=O)COc4c(F)c(F)c(F)c(F)c4F)ccc3c2C)c1. The summed E-state index contributed by atoms with van der Waals surface area (Å²) in [5, 5.41) is 2.92. The van der Waals surface area contributed by atoms with E-state index in [4.69, 9.17) is 13.9 Å².